The van der Waals surface area contributed by atoms with Gasteiger partial charge in [-0.05, 0) is 49.1 Å². The van der Waals surface area contributed by atoms with Crippen molar-refractivity contribution in [3.63, 3.8) is 0 Å². The van der Waals surface area contributed by atoms with Crippen LogP contribution in [0.4, 0.5) is 0 Å². The van der Waals surface area contributed by atoms with Crippen molar-refractivity contribution in [2.24, 2.45) is 5.92 Å². The number of piperidine rings is 1. The number of hydrogen-bond donors (Lipinski definition) is 1. The number of hydrogen-bond acceptors (Lipinski definition) is 3. The fraction of sp³-hybridized carbons (Fsp3) is 0.579. The van der Waals surface area contributed by atoms with Gasteiger partial charge in [0.15, 0.2) is 0 Å². The van der Waals surface area contributed by atoms with Crippen LogP contribution >= 0.6 is 0 Å². The molecule has 130 valence electrons. The van der Waals surface area contributed by atoms with E-state index in [0.717, 1.165) is 31.2 Å². The average Bonchev–Trinajstić information content (AvgIpc) is 2.59. The number of carbonyl (C=O) groups excluding carboxylic acids is 1. The van der Waals surface area contributed by atoms with Crippen LogP contribution in [0, 0.1) is 5.92 Å². The predicted octanol–water partition coefficient (Wildman–Crippen LogP) is 2.91. The summed E-state index contributed by atoms with van der Waals surface area (Å²) in [5.41, 5.74) is 1.29. The van der Waals surface area contributed by atoms with Crippen molar-refractivity contribution in [2.75, 3.05) is 20.2 Å². The molecule has 2 unspecified atom stereocenters. The molecule has 1 amide bonds. The maximum absolute atomic E-state index is 12.5. The Bertz CT molecular complexity index is 605. The number of aromatic carboxylic acids is 1. The fourth-order valence-corrected chi connectivity index (χ4v) is 3.92. The van der Waals surface area contributed by atoms with Crippen LogP contribution in [-0.4, -0.2) is 48.2 Å². The summed E-state index contributed by atoms with van der Waals surface area (Å²) in [7, 11) is 1.71. The van der Waals surface area contributed by atoms with Crippen molar-refractivity contribution in [3.05, 3.63) is 35.4 Å². The summed E-state index contributed by atoms with van der Waals surface area (Å²) < 4.78 is 5.37. The number of methoxy groups -OCH3 is 1. The Kier molecular flexibility index (Phi) is 5.19. The first-order chi connectivity index (χ1) is 11.6. The van der Waals surface area contributed by atoms with Gasteiger partial charge < -0.3 is 14.7 Å². The van der Waals surface area contributed by atoms with E-state index < -0.39 is 5.97 Å². The van der Waals surface area contributed by atoms with E-state index in [9.17, 15) is 14.7 Å². The zero-order valence-corrected chi connectivity index (χ0v) is 14.1. The third kappa shape index (κ3) is 3.46. The van der Waals surface area contributed by atoms with Crippen LogP contribution < -0.4 is 0 Å². The van der Waals surface area contributed by atoms with E-state index >= 15 is 0 Å². The van der Waals surface area contributed by atoms with Crippen LogP contribution in [0.2, 0.25) is 0 Å². The Balaban J connectivity index is 1.56. The van der Waals surface area contributed by atoms with Crippen molar-refractivity contribution in [1.29, 1.82) is 0 Å². The second kappa shape index (κ2) is 7.34. The van der Waals surface area contributed by atoms with Crippen molar-refractivity contribution >= 4 is 11.9 Å². The number of likely N-dealkylation sites (tertiary alicyclic amines) is 1. The highest BCUT2D eigenvalue weighted by atomic mass is 16.5. The van der Waals surface area contributed by atoms with Crippen LogP contribution in [0.15, 0.2) is 24.3 Å². The van der Waals surface area contributed by atoms with Gasteiger partial charge in [-0.2, -0.15) is 0 Å². The molecule has 2 fully saturated rings. The Hall–Kier alpha value is -1.88. The summed E-state index contributed by atoms with van der Waals surface area (Å²) >= 11 is 0. The molecule has 0 bridgehead atoms. The van der Waals surface area contributed by atoms with Gasteiger partial charge in [-0.25, -0.2) is 4.79 Å². The van der Waals surface area contributed by atoms with Crippen molar-refractivity contribution in [1.82, 2.24) is 4.90 Å². The second-order valence-electron chi connectivity index (χ2n) is 6.86. The molecule has 24 heavy (non-hydrogen) atoms. The molecule has 1 aliphatic carbocycles. The first-order valence-electron chi connectivity index (χ1n) is 8.73. The summed E-state index contributed by atoms with van der Waals surface area (Å²) in [4.78, 5) is 25.8. The Morgan fingerprint density at radius 3 is 2.46 bits per heavy atom. The Morgan fingerprint density at radius 1 is 1.17 bits per heavy atom. The lowest BCUT2D eigenvalue weighted by Crippen LogP contribution is -2.42. The van der Waals surface area contributed by atoms with Gasteiger partial charge in [0.25, 0.3) is 0 Å². The van der Waals surface area contributed by atoms with Crippen LogP contribution in [0.1, 0.15) is 53.9 Å². The SMILES string of the molecule is COC1CCC1CC(=O)N1CCC(c2ccccc2C(=O)O)CC1. The van der Waals surface area contributed by atoms with E-state index in [4.69, 9.17) is 4.74 Å². The highest BCUT2D eigenvalue weighted by Crippen LogP contribution is 2.35. The molecule has 1 N–H and O–H groups in total. The van der Waals surface area contributed by atoms with E-state index in [0.29, 0.717) is 31.0 Å². The second-order valence-corrected chi connectivity index (χ2v) is 6.86. The topological polar surface area (TPSA) is 66.8 Å². The van der Waals surface area contributed by atoms with Gasteiger partial charge in [0.1, 0.15) is 0 Å². The molecule has 2 atom stereocenters. The molecule has 5 nitrogen and oxygen atoms in total. The lowest BCUT2D eigenvalue weighted by Gasteiger charge is -2.38. The third-order valence-electron chi connectivity index (χ3n) is 5.57. The summed E-state index contributed by atoms with van der Waals surface area (Å²) in [5.74, 6) is -0.0730. The number of rotatable bonds is 5. The van der Waals surface area contributed by atoms with Gasteiger partial charge in [-0.3, -0.25) is 4.79 Å². The van der Waals surface area contributed by atoms with Crippen LogP contribution in [0.25, 0.3) is 0 Å². The molecule has 0 aromatic heterocycles. The minimum Gasteiger partial charge on any atom is -0.478 e. The molecule has 1 aromatic rings. The van der Waals surface area contributed by atoms with Crippen LogP contribution in [0.5, 0.6) is 0 Å². The largest absolute Gasteiger partial charge is 0.478 e. The number of benzene rings is 1. The predicted molar refractivity (Wildman–Crippen MR) is 90.1 cm³/mol. The van der Waals surface area contributed by atoms with Gasteiger partial charge in [-0.1, -0.05) is 18.2 Å². The lowest BCUT2D eigenvalue weighted by molar-refractivity contribution is -0.136. The Morgan fingerprint density at radius 2 is 1.88 bits per heavy atom. The monoisotopic (exact) mass is 331 g/mol. The smallest absolute Gasteiger partial charge is 0.335 e. The minimum atomic E-state index is -0.875. The molecule has 1 saturated heterocycles. The molecule has 0 spiro atoms. The molecular weight excluding hydrogens is 306 g/mol. The van der Waals surface area contributed by atoms with E-state index in [1.807, 2.05) is 17.0 Å². The number of carboxylic acids is 1. The molecule has 1 saturated carbocycles. The summed E-state index contributed by atoms with van der Waals surface area (Å²) in [6.45, 7) is 1.42. The first-order valence-corrected chi connectivity index (χ1v) is 8.73. The maximum atomic E-state index is 12.5. The highest BCUT2D eigenvalue weighted by molar-refractivity contribution is 5.89. The number of carbonyl (C=O) groups is 2. The number of nitrogens with zero attached hydrogens (tertiary/aromatic N) is 1. The standard InChI is InChI=1S/C19H25NO4/c1-24-17-7-6-14(17)12-18(21)20-10-8-13(9-11-20)15-4-2-3-5-16(15)19(22)23/h2-5,13-14,17H,6-12H2,1H3,(H,22,23). The van der Waals surface area contributed by atoms with E-state index in [1.165, 1.54) is 0 Å². The summed E-state index contributed by atoms with van der Waals surface area (Å²) in [5, 5.41) is 9.34. The normalized spacial score (nSPS) is 24.5. The Labute approximate surface area is 142 Å². The van der Waals surface area contributed by atoms with E-state index in [1.54, 1.807) is 19.2 Å². The lowest BCUT2D eigenvalue weighted by atomic mass is 9.79. The molecule has 3 rings (SSSR count). The summed E-state index contributed by atoms with van der Waals surface area (Å²) in [6.07, 6.45) is 4.61. The molecule has 1 aromatic carbocycles. The van der Waals surface area contributed by atoms with Gasteiger partial charge in [0.05, 0.1) is 11.7 Å². The van der Waals surface area contributed by atoms with Crippen molar-refractivity contribution in [3.8, 4) is 0 Å². The van der Waals surface area contributed by atoms with Gasteiger partial charge >= 0.3 is 5.97 Å². The minimum absolute atomic E-state index is 0.215. The quantitative estimate of drug-likeness (QED) is 0.901. The van der Waals surface area contributed by atoms with Gasteiger partial charge in [-0.15, -0.1) is 0 Å². The molecule has 0 radical (unpaired) electrons. The number of ether oxygens (including phenoxy) is 1. The number of carboxylic acid groups (broad SMARTS) is 1. The number of amides is 1. The van der Waals surface area contributed by atoms with Crippen molar-refractivity contribution < 1.29 is 19.4 Å². The van der Waals surface area contributed by atoms with Gasteiger partial charge in [0.2, 0.25) is 5.91 Å². The zero-order chi connectivity index (χ0) is 17.1. The van der Waals surface area contributed by atoms with Crippen LogP contribution in [-0.2, 0) is 9.53 Å². The van der Waals surface area contributed by atoms with Gasteiger partial charge in [0, 0.05) is 26.6 Å². The average molecular weight is 331 g/mol. The highest BCUT2D eigenvalue weighted by Gasteiger charge is 2.34. The molecule has 1 aliphatic heterocycles. The fourth-order valence-electron chi connectivity index (χ4n) is 3.92. The third-order valence-corrected chi connectivity index (χ3v) is 5.57. The van der Waals surface area contributed by atoms with Crippen LogP contribution in [0.3, 0.4) is 0 Å². The van der Waals surface area contributed by atoms with E-state index in [-0.39, 0.29) is 17.9 Å². The molecule has 5 heteroatoms. The molecule has 1 heterocycles. The first kappa shape index (κ1) is 17.0. The maximum Gasteiger partial charge on any atom is 0.335 e. The zero-order valence-electron chi connectivity index (χ0n) is 14.1. The molecule has 2 aliphatic rings. The summed E-state index contributed by atoms with van der Waals surface area (Å²) in [6, 6.07) is 7.22. The van der Waals surface area contributed by atoms with E-state index in [2.05, 4.69) is 0 Å². The van der Waals surface area contributed by atoms with Crippen molar-refractivity contribution in [2.45, 2.75) is 44.1 Å². The molecular formula is C19H25NO4.